The monoisotopic (exact) mass is 311 g/mol. The molecule has 1 heterocycles. The summed E-state index contributed by atoms with van der Waals surface area (Å²) in [5, 5.41) is 8.68. The molecule has 0 spiro atoms. The van der Waals surface area contributed by atoms with Gasteiger partial charge in [-0.2, -0.15) is 11.8 Å². The third-order valence-electron chi connectivity index (χ3n) is 2.87. The molecule has 0 saturated carbocycles. The minimum Gasteiger partial charge on any atom is -0.395 e. The highest BCUT2D eigenvalue weighted by Crippen LogP contribution is 2.20. The lowest BCUT2D eigenvalue weighted by molar-refractivity contribution is 0.305. The van der Waals surface area contributed by atoms with Crippen molar-refractivity contribution in [3.8, 4) is 11.8 Å². The van der Waals surface area contributed by atoms with E-state index in [1.54, 1.807) is 36.0 Å². The number of hydrogen-bond donors (Lipinski definition) is 2. The lowest BCUT2D eigenvalue weighted by Crippen LogP contribution is -2.34. The van der Waals surface area contributed by atoms with Gasteiger partial charge in [-0.1, -0.05) is 17.9 Å². The highest BCUT2D eigenvalue weighted by molar-refractivity contribution is 7.99. The average Bonchev–Trinajstić information content (AvgIpc) is 2.92. The Labute approximate surface area is 124 Å². The number of rotatable bonds is 4. The molecule has 108 valence electrons. The van der Waals surface area contributed by atoms with Gasteiger partial charge in [-0.3, -0.25) is 0 Å². The van der Waals surface area contributed by atoms with Crippen molar-refractivity contribution in [3.05, 3.63) is 29.8 Å². The highest BCUT2D eigenvalue weighted by Gasteiger charge is 2.23. The zero-order valence-corrected chi connectivity index (χ0v) is 12.6. The molecule has 0 aliphatic carbocycles. The van der Waals surface area contributed by atoms with Gasteiger partial charge >= 0.3 is 0 Å². The van der Waals surface area contributed by atoms with E-state index in [4.69, 9.17) is 5.11 Å². The summed E-state index contributed by atoms with van der Waals surface area (Å²) in [6.45, 7) is 0.00584. The van der Waals surface area contributed by atoms with Crippen LogP contribution in [-0.4, -0.2) is 37.7 Å². The van der Waals surface area contributed by atoms with Crippen molar-refractivity contribution in [1.29, 1.82) is 0 Å². The van der Waals surface area contributed by atoms with Gasteiger partial charge < -0.3 is 5.11 Å². The van der Waals surface area contributed by atoms with E-state index in [1.807, 2.05) is 0 Å². The van der Waals surface area contributed by atoms with E-state index >= 15 is 0 Å². The molecule has 1 fully saturated rings. The van der Waals surface area contributed by atoms with Crippen molar-refractivity contribution in [1.82, 2.24) is 4.72 Å². The Morgan fingerprint density at radius 3 is 3.00 bits per heavy atom. The fourth-order valence-electron chi connectivity index (χ4n) is 1.88. The Hall–Kier alpha value is -1.00. The van der Waals surface area contributed by atoms with Crippen LogP contribution in [0.1, 0.15) is 18.4 Å². The summed E-state index contributed by atoms with van der Waals surface area (Å²) >= 11 is 1.76. The molecule has 0 amide bonds. The molecule has 0 radical (unpaired) electrons. The van der Waals surface area contributed by atoms with E-state index in [9.17, 15) is 8.42 Å². The topological polar surface area (TPSA) is 66.4 Å². The highest BCUT2D eigenvalue weighted by atomic mass is 32.2. The number of sulfonamides is 1. The predicted octanol–water partition coefficient (Wildman–Crippen LogP) is 1.20. The number of benzene rings is 1. The number of hydrogen-bond acceptors (Lipinski definition) is 4. The SMILES string of the molecule is O=S(=O)(NC1CCSC1)c1cccc(C#CCCO)c1. The first kappa shape index (κ1) is 15.4. The van der Waals surface area contributed by atoms with Gasteiger partial charge in [0.1, 0.15) is 0 Å². The number of nitrogens with one attached hydrogen (secondary N) is 1. The maximum atomic E-state index is 12.3. The van der Waals surface area contributed by atoms with Gasteiger partial charge in [-0.25, -0.2) is 13.1 Å². The van der Waals surface area contributed by atoms with Gasteiger partial charge in [-0.15, -0.1) is 0 Å². The molecule has 1 unspecified atom stereocenters. The molecule has 2 rings (SSSR count). The summed E-state index contributed by atoms with van der Waals surface area (Å²) in [6.07, 6.45) is 1.26. The average molecular weight is 311 g/mol. The summed E-state index contributed by atoms with van der Waals surface area (Å²) in [5.74, 6) is 7.46. The molecular formula is C14H17NO3S2. The second kappa shape index (κ2) is 7.14. The van der Waals surface area contributed by atoms with Gasteiger partial charge in [0.2, 0.25) is 10.0 Å². The van der Waals surface area contributed by atoms with Crippen molar-refractivity contribution in [3.63, 3.8) is 0 Å². The molecule has 1 aliphatic heterocycles. The summed E-state index contributed by atoms with van der Waals surface area (Å²) < 4.78 is 27.3. The fourth-order valence-corrected chi connectivity index (χ4v) is 4.45. The van der Waals surface area contributed by atoms with Crippen molar-refractivity contribution < 1.29 is 13.5 Å². The van der Waals surface area contributed by atoms with E-state index in [1.165, 1.54) is 0 Å². The van der Waals surface area contributed by atoms with Crippen molar-refractivity contribution in [2.75, 3.05) is 18.1 Å². The maximum Gasteiger partial charge on any atom is 0.240 e. The van der Waals surface area contributed by atoms with Crippen LogP contribution in [0.3, 0.4) is 0 Å². The minimum atomic E-state index is -3.48. The van der Waals surface area contributed by atoms with Crippen LogP contribution >= 0.6 is 11.8 Å². The maximum absolute atomic E-state index is 12.3. The molecule has 1 aromatic rings. The van der Waals surface area contributed by atoms with E-state index in [0.717, 1.165) is 17.9 Å². The Morgan fingerprint density at radius 1 is 1.45 bits per heavy atom. The molecule has 20 heavy (non-hydrogen) atoms. The zero-order chi connectivity index (χ0) is 14.4. The lowest BCUT2D eigenvalue weighted by atomic mass is 10.2. The normalized spacial score (nSPS) is 18.6. The van der Waals surface area contributed by atoms with E-state index in [0.29, 0.717) is 12.0 Å². The summed E-state index contributed by atoms with van der Waals surface area (Å²) in [7, 11) is -3.48. The van der Waals surface area contributed by atoms with E-state index < -0.39 is 10.0 Å². The quantitative estimate of drug-likeness (QED) is 0.820. The Kier molecular flexibility index (Phi) is 5.49. The van der Waals surface area contributed by atoms with Crippen LogP contribution in [0.25, 0.3) is 0 Å². The first-order valence-electron chi connectivity index (χ1n) is 6.42. The summed E-state index contributed by atoms with van der Waals surface area (Å²) in [6, 6.07) is 6.60. The van der Waals surface area contributed by atoms with Crippen LogP contribution in [0, 0.1) is 11.8 Å². The molecule has 4 nitrogen and oxygen atoms in total. The molecular weight excluding hydrogens is 294 g/mol. The van der Waals surface area contributed by atoms with Gasteiger partial charge in [-0.05, 0) is 30.4 Å². The second-order valence-electron chi connectivity index (χ2n) is 4.49. The molecule has 1 aromatic carbocycles. The third kappa shape index (κ3) is 4.25. The first-order valence-corrected chi connectivity index (χ1v) is 9.05. The van der Waals surface area contributed by atoms with E-state index in [-0.39, 0.29) is 17.5 Å². The van der Waals surface area contributed by atoms with Crippen molar-refractivity contribution in [2.45, 2.75) is 23.8 Å². The number of aliphatic hydroxyl groups excluding tert-OH is 1. The van der Waals surface area contributed by atoms with Crippen LogP contribution in [0.2, 0.25) is 0 Å². The first-order chi connectivity index (χ1) is 9.62. The number of aliphatic hydroxyl groups is 1. The third-order valence-corrected chi connectivity index (χ3v) is 5.55. The van der Waals surface area contributed by atoms with E-state index in [2.05, 4.69) is 16.6 Å². The molecule has 1 aliphatic rings. The Balaban J connectivity index is 2.15. The second-order valence-corrected chi connectivity index (χ2v) is 7.35. The largest absolute Gasteiger partial charge is 0.395 e. The van der Waals surface area contributed by atoms with Crippen LogP contribution in [0.4, 0.5) is 0 Å². The zero-order valence-electron chi connectivity index (χ0n) is 11.0. The Morgan fingerprint density at radius 2 is 2.30 bits per heavy atom. The van der Waals surface area contributed by atoms with Crippen LogP contribution in [-0.2, 0) is 10.0 Å². The van der Waals surface area contributed by atoms with Crippen LogP contribution in [0.15, 0.2) is 29.2 Å². The van der Waals surface area contributed by atoms with Crippen LogP contribution in [0.5, 0.6) is 0 Å². The number of thioether (sulfide) groups is 1. The summed E-state index contributed by atoms with van der Waals surface area (Å²) in [4.78, 5) is 0.241. The minimum absolute atomic E-state index is 0.00584. The fraction of sp³-hybridized carbons (Fsp3) is 0.429. The van der Waals surface area contributed by atoms with Gasteiger partial charge in [0.25, 0.3) is 0 Å². The van der Waals surface area contributed by atoms with Crippen molar-refractivity contribution >= 4 is 21.8 Å². The van der Waals surface area contributed by atoms with Gasteiger partial charge in [0.15, 0.2) is 0 Å². The molecule has 2 N–H and O–H groups in total. The smallest absolute Gasteiger partial charge is 0.240 e. The molecule has 1 saturated heterocycles. The standard InChI is InChI=1S/C14H17NO3S2/c16-8-2-1-4-12-5-3-6-14(10-12)20(17,18)15-13-7-9-19-11-13/h3,5-6,10,13,15-16H,2,7-9,11H2. The summed E-state index contributed by atoms with van der Waals surface area (Å²) in [5.41, 5.74) is 0.641. The molecule has 6 heteroatoms. The van der Waals surface area contributed by atoms with Gasteiger partial charge in [0, 0.05) is 23.8 Å². The molecule has 0 bridgehead atoms. The lowest BCUT2D eigenvalue weighted by Gasteiger charge is -2.12. The predicted molar refractivity (Wildman–Crippen MR) is 81.1 cm³/mol. The molecule has 1 atom stereocenters. The van der Waals surface area contributed by atoms with Crippen molar-refractivity contribution in [2.24, 2.45) is 0 Å². The Bertz CT molecular complexity index is 611. The van der Waals surface area contributed by atoms with Crippen LogP contribution < -0.4 is 4.72 Å². The van der Waals surface area contributed by atoms with Gasteiger partial charge in [0.05, 0.1) is 11.5 Å². The molecule has 0 aromatic heterocycles.